The van der Waals surface area contributed by atoms with E-state index in [0.29, 0.717) is 35.8 Å². The monoisotopic (exact) mass is 356 g/mol. The first-order valence-electron chi connectivity index (χ1n) is 8.09. The molecule has 1 saturated heterocycles. The van der Waals surface area contributed by atoms with Crippen molar-refractivity contribution in [1.29, 1.82) is 0 Å². The van der Waals surface area contributed by atoms with Gasteiger partial charge >= 0.3 is 6.03 Å². The minimum Gasteiger partial charge on any atom is -0.341 e. The lowest BCUT2D eigenvalue weighted by atomic mass is 9.86. The summed E-state index contributed by atoms with van der Waals surface area (Å²) < 4.78 is 0. The van der Waals surface area contributed by atoms with Crippen molar-refractivity contribution in [2.24, 2.45) is 0 Å². The lowest BCUT2D eigenvalue weighted by molar-refractivity contribution is 0.0198. The van der Waals surface area contributed by atoms with Crippen molar-refractivity contribution in [2.45, 2.75) is 12.1 Å². The molecule has 4 rings (SSSR count). The highest BCUT2D eigenvalue weighted by molar-refractivity contribution is 6.30. The number of rotatable bonds is 1. The highest BCUT2D eigenvalue weighted by Gasteiger charge is 2.56. The summed E-state index contributed by atoms with van der Waals surface area (Å²) in [6, 6.07) is 10.6. The van der Waals surface area contributed by atoms with Crippen LogP contribution in [-0.4, -0.2) is 46.9 Å². The molecule has 1 aromatic carbocycles. The van der Waals surface area contributed by atoms with Gasteiger partial charge in [-0.05, 0) is 29.8 Å². The maximum atomic E-state index is 13.1. The van der Waals surface area contributed by atoms with E-state index >= 15 is 0 Å². The SMILES string of the molecule is CNC(=O)N1CCN2C(=O)c3cccnc3C[C@@]12c1ccc(Cl)cc1. The number of hydrogen-bond acceptors (Lipinski definition) is 3. The van der Waals surface area contributed by atoms with Gasteiger partial charge in [0.15, 0.2) is 5.66 Å². The van der Waals surface area contributed by atoms with E-state index in [2.05, 4.69) is 10.3 Å². The molecular formula is C18H17ClN4O2. The molecule has 1 atom stereocenters. The van der Waals surface area contributed by atoms with E-state index in [9.17, 15) is 9.59 Å². The molecule has 25 heavy (non-hydrogen) atoms. The molecule has 0 spiro atoms. The van der Waals surface area contributed by atoms with E-state index in [0.717, 1.165) is 5.56 Å². The largest absolute Gasteiger partial charge is 0.341 e. The van der Waals surface area contributed by atoms with Crippen LogP contribution < -0.4 is 5.32 Å². The fourth-order valence-electron chi connectivity index (χ4n) is 3.86. The number of urea groups is 1. The lowest BCUT2D eigenvalue weighted by Gasteiger charge is -2.46. The van der Waals surface area contributed by atoms with Crippen molar-refractivity contribution in [3.63, 3.8) is 0 Å². The van der Waals surface area contributed by atoms with Crippen LogP contribution in [0.1, 0.15) is 21.6 Å². The number of amides is 3. The van der Waals surface area contributed by atoms with Crippen LogP contribution in [0.2, 0.25) is 5.02 Å². The molecule has 3 amide bonds. The Morgan fingerprint density at radius 1 is 1.24 bits per heavy atom. The Morgan fingerprint density at radius 2 is 2.00 bits per heavy atom. The maximum Gasteiger partial charge on any atom is 0.319 e. The molecule has 1 fully saturated rings. The summed E-state index contributed by atoms with van der Waals surface area (Å²) in [5.41, 5.74) is 1.27. The number of fused-ring (bicyclic) bond motifs is 2. The third-order valence-electron chi connectivity index (χ3n) is 4.99. The minimum atomic E-state index is -0.886. The van der Waals surface area contributed by atoms with Crippen molar-refractivity contribution in [1.82, 2.24) is 20.1 Å². The first kappa shape index (κ1) is 15.9. The number of carbonyl (C=O) groups is 2. The van der Waals surface area contributed by atoms with Crippen molar-refractivity contribution in [3.8, 4) is 0 Å². The topological polar surface area (TPSA) is 65.5 Å². The van der Waals surface area contributed by atoms with Crippen LogP contribution in [0.15, 0.2) is 42.6 Å². The number of carbonyl (C=O) groups excluding carboxylic acids is 2. The number of pyridine rings is 1. The van der Waals surface area contributed by atoms with Gasteiger partial charge in [-0.2, -0.15) is 0 Å². The predicted molar refractivity (Wildman–Crippen MR) is 93.3 cm³/mol. The summed E-state index contributed by atoms with van der Waals surface area (Å²) in [7, 11) is 1.59. The Labute approximate surface area is 150 Å². The van der Waals surface area contributed by atoms with Crippen LogP contribution in [0, 0.1) is 0 Å². The van der Waals surface area contributed by atoms with Crippen molar-refractivity contribution >= 4 is 23.5 Å². The average Bonchev–Trinajstić information content (AvgIpc) is 3.02. The Morgan fingerprint density at radius 3 is 2.72 bits per heavy atom. The quantitative estimate of drug-likeness (QED) is 0.852. The molecule has 2 aliphatic rings. The van der Waals surface area contributed by atoms with E-state index in [1.165, 1.54) is 0 Å². The summed E-state index contributed by atoms with van der Waals surface area (Å²) in [5.74, 6) is -0.101. The van der Waals surface area contributed by atoms with Crippen LogP contribution in [0.25, 0.3) is 0 Å². The third kappa shape index (κ3) is 2.21. The summed E-state index contributed by atoms with van der Waals surface area (Å²) in [6.07, 6.45) is 2.13. The lowest BCUT2D eigenvalue weighted by Crippen LogP contribution is -2.60. The molecule has 2 aromatic rings. The number of benzene rings is 1. The van der Waals surface area contributed by atoms with E-state index in [1.54, 1.807) is 47.3 Å². The summed E-state index contributed by atoms with van der Waals surface area (Å²) >= 11 is 6.04. The highest BCUT2D eigenvalue weighted by atomic mass is 35.5. The Bertz CT molecular complexity index is 854. The highest BCUT2D eigenvalue weighted by Crippen LogP contribution is 2.44. The molecule has 2 aliphatic heterocycles. The second kappa shape index (κ2) is 5.74. The summed E-state index contributed by atoms with van der Waals surface area (Å²) in [5, 5.41) is 3.30. The first-order chi connectivity index (χ1) is 12.1. The molecule has 0 unspecified atom stereocenters. The van der Waals surface area contributed by atoms with Crippen molar-refractivity contribution < 1.29 is 9.59 Å². The van der Waals surface area contributed by atoms with Crippen molar-refractivity contribution in [2.75, 3.05) is 20.1 Å². The number of nitrogens with zero attached hydrogens (tertiary/aromatic N) is 3. The molecule has 128 valence electrons. The van der Waals surface area contributed by atoms with Gasteiger partial charge < -0.3 is 10.2 Å². The van der Waals surface area contributed by atoms with E-state index in [1.807, 2.05) is 12.1 Å². The average molecular weight is 357 g/mol. The summed E-state index contributed by atoms with van der Waals surface area (Å²) in [4.78, 5) is 33.6. The predicted octanol–water partition coefficient (Wildman–Crippen LogP) is 2.24. The molecule has 6 nitrogen and oxygen atoms in total. The second-order valence-electron chi connectivity index (χ2n) is 6.16. The zero-order chi connectivity index (χ0) is 17.6. The Hall–Kier alpha value is -2.60. The van der Waals surface area contributed by atoms with Gasteiger partial charge in [0, 0.05) is 37.8 Å². The maximum absolute atomic E-state index is 13.1. The van der Waals surface area contributed by atoms with E-state index in [4.69, 9.17) is 11.6 Å². The van der Waals surface area contributed by atoms with E-state index < -0.39 is 5.66 Å². The van der Waals surface area contributed by atoms with Crippen LogP contribution in [0.3, 0.4) is 0 Å². The van der Waals surface area contributed by atoms with Gasteiger partial charge in [0.1, 0.15) is 0 Å². The van der Waals surface area contributed by atoms with Gasteiger partial charge in [0.25, 0.3) is 5.91 Å². The minimum absolute atomic E-state index is 0.101. The molecule has 0 aliphatic carbocycles. The zero-order valence-electron chi connectivity index (χ0n) is 13.7. The van der Waals surface area contributed by atoms with Gasteiger partial charge in [-0.15, -0.1) is 0 Å². The zero-order valence-corrected chi connectivity index (χ0v) is 14.5. The van der Waals surface area contributed by atoms with Gasteiger partial charge in [-0.3, -0.25) is 14.7 Å². The van der Waals surface area contributed by atoms with E-state index in [-0.39, 0.29) is 11.9 Å². The van der Waals surface area contributed by atoms with Gasteiger partial charge in [0.2, 0.25) is 0 Å². The van der Waals surface area contributed by atoms with Crippen LogP contribution in [0.5, 0.6) is 0 Å². The second-order valence-corrected chi connectivity index (χ2v) is 6.60. The Kier molecular flexibility index (Phi) is 3.65. The first-order valence-corrected chi connectivity index (χ1v) is 8.47. The molecule has 0 saturated carbocycles. The normalized spacial score (nSPS) is 21.8. The van der Waals surface area contributed by atoms with Crippen molar-refractivity contribution in [3.05, 3.63) is 64.4 Å². The fourth-order valence-corrected chi connectivity index (χ4v) is 3.99. The molecular weight excluding hydrogens is 340 g/mol. The standard InChI is InChI=1S/C18H17ClN4O2/c1-20-17(25)23-10-9-22-16(24)14-3-2-8-21-15(14)11-18(22,23)12-4-6-13(19)7-5-12/h2-8H,9-11H2,1H3,(H,20,25)/t18-/m0/s1. The van der Waals surface area contributed by atoms with Crippen LogP contribution >= 0.6 is 11.6 Å². The molecule has 0 radical (unpaired) electrons. The molecule has 7 heteroatoms. The number of nitrogens with one attached hydrogen (secondary N) is 1. The number of aromatic nitrogens is 1. The molecule has 0 bridgehead atoms. The third-order valence-corrected chi connectivity index (χ3v) is 5.24. The van der Waals surface area contributed by atoms with Gasteiger partial charge in [-0.1, -0.05) is 23.7 Å². The number of hydrogen-bond donors (Lipinski definition) is 1. The van der Waals surface area contributed by atoms with Crippen LogP contribution in [-0.2, 0) is 12.1 Å². The smallest absolute Gasteiger partial charge is 0.319 e. The fraction of sp³-hybridized carbons (Fsp3) is 0.278. The molecule has 3 heterocycles. The Balaban J connectivity index is 1.93. The van der Waals surface area contributed by atoms with Gasteiger partial charge in [0.05, 0.1) is 11.3 Å². The summed E-state index contributed by atoms with van der Waals surface area (Å²) in [6.45, 7) is 0.936. The number of halogens is 1. The van der Waals surface area contributed by atoms with Gasteiger partial charge in [-0.25, -0.2) is 4.79 Å². The molecule has 1 aromatic heterocycles. The van der Waals surface area contributed by atoms with Crippen LogP contribution in [0.4, 0.5) is 4.79 Å². The molecule has 1 N–H and O–H groups in total.